The minimum Gasteiger partial charge on any atom is -0.190 e. The van der Waals surface area contributed by atoms with Gasteiger partial charge < -0.3 is 0 Å². The molecule has 0 saturated carbocycles. The molecule has 0 amide bonds. The van der Waals surface area contributed by atoms with Crippen LogP contribution in [0.1, 0.15) is 6.92 Å². The fourth-order valence-electron chi connectivity index (χ4n) is 0.252. The van der Waals surface area contributed by atoms with E-state index in [1.165, 1.54) is 0 Å². The molecule has 5 heteroatoms. The summed E-state index contributed by atoms with van der Waals surface area (Å²) in [6.45, 7) is 3.53. The molecule has 0 atom stereocenters. The zero-order valence-electron chi connectivity index (χ0n) is 5.24. The van der Waals surface area contributed by atoms with Crippen LogP contribution in [0.15, 0.2) is 22.5 Å². The van der Waals surface area contributed by atoms with Crippen molar-refractivity contribution in [3.05, 3.63) is 12.5 Å². The first-order valence-electron chi connectivity index (χ1n) is 2.31. The minimum atomic E-state index is -1.48. The first-order chi connectivity index (χ1) is 4.52. The molecule has 0 rings (SSSR count). The quantitative estimate of drug-likeness (QED) is 0.311. The Balaban J connectivity index is 4.22. The number of rotatable bonds is 1. The van der Waals surface area contributed by atoms with Gasteiger partial charge in [-0.15, -0.1) is 0 Å². The first-order valence-corrected chi connectivity index (χ1v) is 2.31. The highest BCUT2D eigenvalue weighted by Crippen LogP contribution is 1.96. The van der Waals surface area contributed by atoms with Gasteiger partial charge in [0.25, 0.3) is 0 Å². The zero-order chi connectivity index (χ0) is 8.15. The van der Waals surface area contributed by atoms with E-state index in [0.29, 0.717) is 0 Å². The maximum absolute atomic E-state index is 11.9. The Hall–Kier alpha value is -1.13. The summed E-state index contributed by atoms with van der Waals surface area (Å²) in [4.78, 5) is 5.03. The van der Waals surface area contributed by atoms with Gasteiger partial charge in [-0.05, 0) is 6.58 Å². The maximum atomic E-state index is 11.9. The Kier molecular flexibility index (Phi) is 3.38. The Bertz CT molecular complexity index is 191. The van der Waals surface area contributed by atoms with Gasteiger partial charge in [-0.2, -0.15) is 23.2 Å². The van der Waals surface area contributed by atoms with Crippen molar-refractivity contribution in [3.8, 4) is 0 Å². The smallest absolute Gasteiger partial charge is 0.190 e. The number of hydrogen-bond donors (Lipinski definition) is 0. The standard InChI is InChI=1S/C5H5F3N2/c1-3(6)9-5(8)10-4(2)7/h1H2,2H3. The lowest BCUT2D eigenvalue weighted by molar-refractivity contribution is 0.623. The van der Waals surface area contributed by atoms with Crippen LogP contribution in [0.3, 0.4) is 0 Å². The molecule has 0 aromatic carbocycles. The number of halogens is 3. The van der Waals surface area contributed by atoms with Gasteiger partial charge in [0.1, 0.15) is 0 Å². The third-order valence-corrected chi connectivity index (χ3v) is 0.460. The summed E-state index contributed by atoms with van der Waals surface area (Å²) >= 11 is 0. The summed E-state index contributed by atoms with van der Waals surface area (Å²) < 4.78 is 35.2. The Morgan fingerprint density at radius 3 is 2.00 bits per heavy atom. The second-order valence-electron chi connectivity index (χ2n) is 1.37. The van der Waals surface area contributed by atoms with Crippen molar-refractivity contribution < 1.29 is 13.2 Å². The third kappa shape index (κ3) is 5.02. The number of amidine groups is 1. The van der Waals surface area contributed by atoms with E-state index < -0.39 is 18.0 Å². The van der Waals surface area contributed by atoms with Crippen molar-refractivity contribution in [2.24, 2.45) is 9.98 Å². The molecule has 0 radical (unpaired) electrons. The highest BCUT2D eigenvalue weighted by molar-refractivity contribution is 5.88. The van der Waals surface area contributed by atoms with Gasteiger partial charge in [-0.1, -0.05) is 0 Å². The summed E-state index contributed by atoms with van der Waals surface area (Å²) in [5.41, 5.74) is 0. The molecule has 0 bridgehead atoms. The molecular weight excluding hydrogens is 145 g/mol. The van der Waals surface area contributed by atoms with Crippen molar-refractivity contribution >= 4 is 12.1 Å². The van der Waals surface area contributed by atoms with E-state index in [1.807, 2.05) is 0 Å². The number of aliphatic imine (C=N–C) groups is 2. The fourth-order valence-corrected chi connectivity index (χ4v) is 0.252. The van der Waals surface area contributed by atoms with Crippen LogP contribution in [0.25, 0.3) is 0 Å². The van der Waals surface area contributed by atoms with E-state index in [4.69, 9.17) is 0 Å². The highest BCUT2D eigenvalue weighted by Gasteiger charge is 1.94. The van der Waals surface area contributed by atoms with Crippen LogP contribution in [0.2, 0.25) is 0 Å². The number of nitrogens with zero attached hydrogens (tertiary/aromatic N) is 2. The predicted octanol–water partition coefficient (Wildman–Crippen LogP) is 2.14. The van der Waals surface area contributed by atoms with Gasteiger partial charge in [0.05, 0.1) is 0 Å². The molecule has 0 heterocycles. The summed E-state index contributed by atoms with van der Waals surface area (Å²) in [6.07, 6.45) is -1.48. The molecule has 56 valence electrons. The topological polar surface area (TPSA) is 24.7 Å². The maximum Gasteiger partial charge on any atom is 0.313 e. The van der Waals surface area contributed by atoms with Crippen molar-refractivity contribution in [2.45, 2.75) is 6.92 Å². The highest BCUT2D eigenvalue weighted by atomic mass is 19.2. The largest absolute Gasteiger partial charge is 0.313 e. The van der Waals surface area contributed by atoms with E-state index in [-0.39, 0.29) is 0 Å². The fraction of sp³-hybridized carbons (Fsp3) is 0.200. The summed E-state index contributed by atoms with van der Waals surface area (Å²) in [5.74, 6) is -2.27. The average Bonchev–Trinajstić information content (AvgIpc) is 1.58. The third-order valence-electron chi connectivity index (χ3n) is 0.460. The van der Waals surface area contributed by atoms with Crippen LogP contribution in [-0.4, -0.2) is 12.1 Å². The lowest BCUT2D eigenvalue weighted by Gasteiger charge is -1.83. The summed E-state index contributed by atoms with van der Waals surface area (Å²) in [5, 5.41) is 0. The van der Waals surface area contributed by atoms with Crippen LogP contribution >= 0.6 is 0 Å². The van der Waals surface area contributed by atoms with Crippen LogP contribution < -0.4 is 0 Å². The Labute approximate surface area is 55.8 Å². The van der Waals surface area contributed by atoms with Gasteiger partial charge in [0.15, 0.2) is 5.97 Å². The SMILES string of the molecule is C=C(F)N=C(F)N=C(C)F. The van der Waals surface area contributed by atoms with Crippen molar-refractivity contribution in [1.82, 2.24) is 0 Å². The van der Waals surface area contributed by atoms with E-state index >= 15 is 0 Å². The van der Waals surface area contributed by atoms with Crippen molar-refractivity contribution in [2.75, 3.05) is 0 Å². The van der Waals surface area contributed by atoms with Crippen LogP contribution in [-0.2, 0) is 0 Å². The predicted molar refractivity (Wildman–Crippen MR) is 33.0 cm³/mol. The lowest BCUT2D eigenvalue weighted by atomic mass is 10.8. The molecule has 0 aliphatic rings. The first kappa shape index (κ1) is 8.87. The molecule has 0 aromatic heterocycles. The zero-order valence-corrected chi connectivity index (χ0v) is 5.24. The molecule has 0 saturated heterocycles. The molecule has 0 N–H and O–H groups in total. The molecule has 0 aromatic rings. The Morgan fingerprint density at radius 2 is 1.70 bits per heavy atom. The van der Waals surface area contributed by atoms with Gasteiger partial charge in [0.2, 0.25) is 5.95 Å². The van der Waals surface area contributed by atoms with E-state index in [0.717, 1.165) is 6.92 Å². The molecule has 0 fully saturated rings. The second-order valence-corrected chi connectivity index (χ2v) is 1.37. The second kappa shape index (κ2) is 3.81. The molecule has 2 nitrogen and oxygen atoms in total. The monoisotopic (exact) mass is 150 g/mol. The average molecular weight is 150 g/mol. The van der Waals surface area contributed by atoms with Crippen LogP contribution in [0.4, 0.5) is 13.2 Å². The van der Waals surface area contributed by atoms with Gasteiger partial charge in [0, 0.05) is 6.92 Å². The van der Waals surface area contributed by atoms with E-state index in [1.54, 1.807) is 0 Å². The minimum absolute atomic E-state index is 0.913. The molecular formula is C5H5F3N2. The molecule has 0 aliphatic heterocycles. The molecule has 0 unspecified atom stereocenters. The van der Waals surface area contributed by atoms with Gasteiger partial charge in [-0.25, -0.2) is 0 Å². The molecule has 0 aliphatic carbocycles. The Morgan fingerprint density at radius 1 is 1.20 bits per heavy atom. The lowest BCUT2D eigenvalue weighted by Crippen LogP contribution is -1.87. The molecule has 10 heavy (non-hydrogen) atoms. The van der Waals surface area contributed by atoms with Crippen LogP contribution in [0, 0.1) is 0 Å². The van der Waals surface area contributed by atoms with Crippen LogP contribution in [0.5, 0.6) is 0 Å². The molecule has 0 spiro atoms. The van der Waals surface area contributed by atoms with Gasteiger partial charge in [-0.3, -0.25) is 0 Å². The number of hydrogen-bond acceptors (Lipinski definition) is 1. The summed E-state index contributed by atoms with van der Waals surface area (Å²) in [6, 6.07) is 0. The van der Waals surface area contributed by atoms with Gasteiger partial charge >= 0.3 is 6.09 Å². The van der Waals surface area contributed by atoms with Crippen molar-refractivity contribution in [1.29, 1.82) is 0 Å². The van der Waals surface area contributed by atoms with E-state index in [2.05, 4.69) is 16.6 Å². The normalized spacial score (nSPS) is 13.6. The van der Waals surface area contributed by atoms with Crippen molar-refractivity contribution in [3.63, 3.8) is 0 Å². The summed E-state index contributed by atoms with van der Waals surface area (Å²) in [7, 11) is 0. The van der Waals surface area contributed by atoms with E-state index in [9.17, 15) is 13.2 Å².